The van der Waals surface area contributed by atoms with E-state index in [2.05, 4.69) is 9.88 Å². The fourth-order valence-electron chi connectivity index (χ4n) is 3.73. The second-order valence-corrected chi connectivity index (χ2v) is 9.52. The van der Waals surface area contributed by atoms with Crippen LogP contribution in [-0.4, -0.2) is 75.4 Å². The topological polar surface area (TPSA) is 116 Å². The number of anilines is 1. The number of methoxy groups -OCH3 is 1. The van der Waals surface area contributed by atoms with Gasteiger partial charge in [0.2, 0.25) is 15.9 Å². The molecule has 2 heterocycles. The van der Waals surface area contributed by atoms with Gasteiger partial charge in [-0.15, -0.1) is 0 Å². The third-order valence-corrected chi connectivity index (χ3v) is 7.32. The number of para-hydroxylation sites is 2. The van der Waals surface area contributed by atoms with Gasteiger partial charge in [-0.05, 0) is 24.3 Å². The first-order valence-electron chi connectivity index (χ1n) is 10.0. The quantitative estimate of drug-likeness (QED) is 0.586. The molecule has 1 aliphatic rings. The average Bonchev–Trinajstić information content (AvgIpc) is 3.18. The Bertz CT molecular complexity index is 1290. The number of fused-ring (bicyclic) bond motifs is 1. The largest absolute Gasteiger partial charge is 0.495 e. The van der Waals surface area contributed by atoms with Crippen molar-refractivity contribution in [3.8, 4) is 5.75 Å². The van der Waals surface area contributed by atoms with Crippen molar-refractivity contribution in [3.63, 3.8) is 0 Å². The number of piperazine rings is 1. The molecule has 1 amide bonds. The monoisotopic (exact) mass is 460 g/mol. The Balaban J connectivity index is 1.40. The number of amides is 1. The minimum absolute atomic E-state index is 0.0518. The number of carbonyl (C=O) groups excluding carboxylic acids is 1. The summed E-state index contributed by atoms with van der Waals surface area (Å²) in [6, 6.07) is 11.8. The number of hydrogen-bond donors (Lipinski definition) is 1. The molecule has 1 N–H and O–H groups in total. The van der Waals surface area contributed by atoms with E-state index in [0.717, 1.165) is 15.7 Å². The molecule has 4 rings (SSSR count). The Hall–Kier alpha value is -3.31. The van der Waals surface area contributed by atoms with Crippen molar-refractivity contribution in [2.24, 2.45) is 0 Å². The molecule has 2 aromatic carbocycles. The first-order chi connectivity index (χ1) is 15.3. The molecule has 170 valence electrons. The lowest BCUT2D eigenvalue weighted by Crippen LogP contribution is -2.51. The number of sulfonamides is 1. The van der Waals surface area contributed by atoms with Gasteiger partial charge in [-0.2, -0.15) is 4.31 Å². The van der Waals surface area contributed by atoms with Gasteiger partial charge in [-0.25, -0.2) is 13.2 Å². The lowest BCUT2D eigenvalue weighted by atomic mass is 10.2. The Labute approximate surface area is 185 Å². The summed E-state index contributed by atoms with van der Waals surface area (Å²) in [6.45, 7) is 1.90. The Morgan fingerprint density at radius 1 is 1.16 bits per heavy atom. The van der Waals surface area contributed by atoms with Gasteiger partial charge in [0.15, 0.2) is 5.58 Å². The fraction of sp³-hybridized carbons (Fsp3) is 0.333. The highest BCUT2D eigenvalue weighted by Gasteiger charge is 2.28. The predicted octanol–water partition coefficient (Wildman–Crippen LogP) is 1.10. The second-order valence-electron chi connectivity index (χ2n) is 7.47. The van der Waals surface area contributed by atoms with E-state index in [-0.39, 0.29) is 22.9 Å². The molecular weight excluding hydrogens is 436 g/mol. The van der Waals surface area contributed by atoms with Crippen molar-refractivity contribution in [3.05, 3.63) is 53.0 Å². The molecule has 0 spiro atoms. The van der Waals surface area contributed by atoms with Crippen molar-refractivity contribution in [1.29, 1.82) is 0 Å². The fourth-order valence-corrected chi connectivity index (χ4v) is 4.87. The van der Waals surface area contributed by atoms with Crippen LogP contribution in [0.4, 0.5) is 5.69 Å². The van der Waals surface area contributed by atoms with E-state index in [1.807, 2.05) is 24.3 Å². The van der Waals surface area contributed by atoms with Gasteiger partial charge in [0, 0.05) is 39.3 Å². The summed E-state index contributed by atoms with van der Waals surface area (Å²) < 4.78 is 37.2. The molecule has 0 bridgehead atoms. The number of benzene rings is 2. The number of rotatable bonds is 6. The second kappa shape index (κ2) is 8.67. The molecule has 0 atom stereocenters. The molecule has 1 saturated heterocycles. The van der Waals surface area contributed by atoms with Crippen molar-refractivity contribution in [2.45, 2.75) is 4.90 Å². The highest BCUT2D eigenvalue weighted by atomic mass is 32.2. The van der Waals surface area contributed by atoms with Gasteiger partial charge in [0.05, 0.1) is 29.8 Å². The molecule has 0 unspecified atom stereocenters. The lowest BCUT2D eigenvalue weighted by Gasteiger charge is -2.37. The van der Waals surface area contributed by atoms with Gasteiger partial charge in [-0.3, -0.25) is 9.78 Å². The maximum atomic E-state index is 12.9. The van der Waals surface area contributed by atoms with E-state index in [9.17, 15) is 18.0 Å². The normalized spacial score (nSPS) is 14.8. The van der Waals surface area contributed by atoms with Crippen LogP contribution in [0, 0.1) is 0 Å². The molecule has 32 heavy (non-hydrogen) atoms. The number of H-pyrrole nitrogens is 1. The van der Waals surface area contributed by atoms with Gasteiger partial charge in [0.1, 0.15) is 5.75 Å². The SMILES string of the molecule is COc1ccccc1N1CCN(C(=O)CN(C)S(=O)(=O)c2ccc3[nH]c(=O)oc3c2)CC1. The van der Waals surface area contributed by atoms with Crippen LogP contribution in [0.25, 0.3) is 11.1 Å². The predicted molar refractivity (Wildman–Crippen MR) is 118 cm³/mol. The van der Waals surface area contributed by atoms with Crippen molar-refractivity contribution >= 4 is 32.7 Å². The molecular formula is C21H24N4O6S. The minimum Gasteiger partial charge on any atom is -0.495 e. The van der Waals surface area contributed by atoms with E-state index in [1.165, 1.54) is 25.2 Å². The van der Waals surface area contributed by atoms with E-state index < -0.39 is 15.8 Å². The zero-order chi connectivity index (χ0) is 22.9. The van der Waals surface area contributed by atoms with Crippen molar-refractivity contribution in [1.82, 2.24) is 14.2 Å². The molecule has 3 aromatic rings. The van der Waals surface area contributed by atoms with Gasteiger partial charge >= 0.3 is 5.76 Å². The van der Waals surface area contributed by atoms with Crippen LogP contribution in [0.2, 0.25) is 0 Å². The maximum absolute atomic E-state index is 12.9. The Morgan fingerprint density at radius 2 is 1.88 bits per heavy atom. The third-order valence-electron chi connectivity index (χ3n) is 5.52. The molecule has 1 aromatic heterocycles. The van der Waals surface area contributed by atoms with Crippen LogP contribution >= 0.6 is 0 Å². The zero-order valence-electron chi connectivity index (χ0n) is 17.8. The molecule has 0 aliphatic carbocycles. The van der Waals surface area contributed by atoms with Crippen LogP contribution in [0.1, 0.15) is 0 Å². The van der Waals surface area contributed by atoms with E-state index in [4.69, 9.17) is 9.15 Å². The summed E-state index contributed by atoms with van der Waals surface area (Å²) in [5, 5.41) is 0. The first-order valence-corrected chi connectivity index (χ1v) is 11.5. The number of nitrogens with one attached hydrogen (secondary N) is 1. The summed E-state index contributed by atoms with van der Waals surface area (Å²) in [5.41, 5.74) is 1.51. The van der Waals surface area contributed by atoms with Crippen LogP contribution in [-0.2, 0) is 14.8 Å². The van der Waals surface area contributed by atoms with E-state index in [0.29, 0.717) is 31.7 Å². The van der Waals surface area contributed by atoms with Crippen LogP contribution < -0.4 is 15.4 Å². The summed E-state index contributed by atoms with van der Waals surface area (Å²) in [5.74, 6) is -0.163. The molecule has 0 radical (unpaired) electrons. The molecule has 11 heteroatoms. The first kappa shape index (κ1) is 21.9. The summed E-state index contributed by atoms with van der Waals surface area (Å²) in [4.78, 5) is 30.3. The smallest absolute Gasteiger partial charge is 0.417 e. The van der Waals surface area contributed by atoms with Crippen LogP contribution in [0.3, 0.4) is 0 Å². The minimum atomic E-state index is -3.93. The molecule has 0 saturated carbocycles. The number of aromatic amines is 1. The third kappa shape index (κ3) is 4.21. The number of likely N-dealkylation sites (N-methyl/N-ethyl adjacent to an activating group) is 1. The summed E-state index contributed by atoms with van der Waals surface area (Å²) >= 11 is 0. The Kier molecular flexibility index (Phi) is 5.94. The number of carbonyl (C=O) groups is 1. The van der Waals surface area contributed by atoms with Crippen molar-refractivity contribution in [2.75, 3.05) is 51.8 Å². The Morgan fingerprint density at radius 3 is 2.59 bits per heavy atom. The van der Waals surface area contributed by atoms with Gasteiger partial charge < -0.3 is 19.0 Å². The van der Waals surface area contributed by atoms with Crippen molar-refractivity contribution < 1.29 is 22.4 Å². The number of aromatic nitrogens is 1. The number of oxazole rings is 1. The number of hydrogen-bond acceptors (Lipinski definition) is 7. The number of nitrogens with zero attached hydrogens (tertiary/aromatic N) is 3. The maximum Gasteiger partial charge on any atom is 0.417 e. The molecule has 1 aliphatic heterocycles. The number of ether oxygens (including phenoxy) is 1. The van der Waals surface area contributed by atoms with Crippen LogP contribution in [0.15, 0.2) is 56.6 Å². The highest BCUT2D eigenvalue weighted by molar-refractivity contribution is 7.89. The summed E-state index contributed by atoms with van der Waals surface area (Å²) in [6.07, 6.45) is 0. The van der Waals surface area contributed by atoms with Gasteiger partial charge in [0.25, 0.3) is 0 Å². The van der Waals surface area contributed by atoms with E-state index >= 15 is 0 Å². The molecule has 1 fully saturated rings. The average molecular weight is 461 g/mol. The van der Waals surface area contributed by atoms with E-state index in [1.54, 1.807) is 12.0 Å². The van der Waals surface area contributed by atoms with Crippen LogP contribution in [0.5, 0.6) is 5.75 Å². The standard InChI is InChI=1S/C21H24N4O6S/c1-23(32(28,29)15-7-8-16-19(13-15)31-21(27)22-16)14-20(26)25-11-9-24(10-12-25)17-5-3-4-6-18(17)30-2/h3-8,13H,9-12,14H2,1-2H3,(H,22,27). The lowest BCUT2D eigenvalue weighted by molar-refractivity contribution is -0.131. The van der Waals surface area contributed by atoms with Gasteiger partial charge in [-0.1, -0.05) is 12.1 Å². The highest BCUT2D eigenvalue weighted by Crippen LogP contribution is 2.28. The zero-order valence-corrected chi connectivity index (χ0v) is 18.6. The molecule has 10 nitrogen and oxygen atoms in total. The summed E-state index contributed by atoms with van der Waals surface area (Å²) in [7, 11) is -0.956.